The van der Waals surface area contributed by atoms with E-state index >= 15 is 0 Å². The van der Waals surface area contributed by atoms with Gasteiger partial charge in [0.05, 0.1) is 12.2 Å². The summed E-state index contributed by atoms with van der Waals surface area (Å²) >= 11 is 0. The van der Waals surface area contributed by atoms with Crippen LogP contribution >= 0.6 is 0 Å². The van der Waals surface area contributed by atoms with Gasteiger partial charge >= 0.3 is 0 Å². The number of nitrogens with zero attached hydrogens (tertiary/aromatic N) is 4. The second kappa shape index (κ2) is 13.3. The molecule has 4 rings (SSSR count). The van der Waals surface area contributed by atoms with Crippen molar-refractivity contribution in [1.29, 1.82) is 0 Å². The van der Waals surface area contributed by atoms with E-state index in [0.717, 1.165) is 60.1 Å². The highest BCUT2D eigenvalue weighted by molar-refractivity contribution is 5.90. The van der Waals surface area contributed by atoms with E-state index in [-0.39, 0.29) is 0 Å². The van der Waals surface area contributed by atoms with Crippen LogP contribution < -0.4 is 5.73 Å². The number of fused-ring (bicyclic) bond motifs is 1. The van der Waals surface area contributed by atoms with Gasteiger partial charge in [-0.2, -0.15) is 0 Å². The number of piperidine rings is 1. The van der Waals surface area contributed by atoms with Crippen LogP contribution in [0.5, 0.6) is 0 Å². The Labute approximate surface area is 209 Å². The number of aromatic nitrogens is 3. The molecule has 1 aliphatic rings. The maximum atomic E-state index is 6.41. The SMILES string of the molecule is CCCCc1nc(N)c2c(n1)c(C#CCCCCN1CCCCC1)cn2COCc1ccccc1. The molecule has 1 fully saturated rings. The van der Waals surface area contributed by atoms with Gasteiger partial charge in [-0.3, -0.25) is 0 Å². The highest BCUT2D eigenvalue weighted by atomic mass is 16.5. The lowest BCUT2D eigenvalue weighted by Crippen LogP contribution is -2.30. The number of rotatable bonds is 11. The van der Waals surface area contributed by atoms with Gasteiger partial charge in [0.15, 0.2) is 5.82 Å². The summed E-state index contributed by atoms with van der Waals surface area (Å²) in [6.07, 6.45) is 12.3. The average molecular weight is 474 g/mol. The molecule has 1 aliphatic heterocycles. The van der Waals surface area contributed by atoms with Gasteiger partial charge in [-0.25, -0.2) is 9.97 Å². The Bertz CT molecular complexity index is 1120. The van der Waals surface area contributed by atoms with Gasteiger partial charge in [0.2, 0.25) is 0 Å². The molecule has 0 spiro atoms. The van der Waals surface area contributed by atoms with Crippen molar-refractivity contribution in [3.63, 3.8) is 0 Å². The van der Waals surface area contributed by atoms with E-state index in [1.165, 1.54) is 45.3 Å². The molecule has 3 aromatic rings. The normalized spacial score (nSPS) is 14.2. The summed E-state index contributed by atoms with van der Waals surface area (Å²) in [5.74, 6) is 8.06. The van der Waals surface area contributed by atoms with Crippen molar-refractivity contribution in [3.8, 4) is 11.8 Å². The van der Waals surface area contributed by atoms with Crippen LogP contribution in [0.15, 0.2) is 36.5 Å². The molecule has 6 heteroatoms. The summed E-state index contributed by atoms with van der Waals surface area (Å²) in [7, 11) is 0. The van der Waals surface area contributed by atoms with Gasteiger partial charge in [-0.15, -0.1) is 0 Å². The van der Waals surface area contributed by atoms with Crippen LogP contribution in [0.4, 0.5) is 5.82 Å². The van der Waals surface area contributed by atoms with E-state index < -0.39 is 0 Å². The Hall–Kier alpha value is -2.88. The predicted octanol–water partition coefficient (Wildman–Crippen LogP) is 5.54. The fourth-order valence-corrected chi connectivity index (χ4v) is 4.64. The second-order valence-corrected chi connectivity index (χ2v) is 9.46. The summed E-state index contributed by atoms with van der Waals surface area (Å²) in [5.41, 5.74) is 10.1. The van der Waals surface area contributed by atoms with E-state index in [4.69, 9.17) is 15.5 Å². The van der Waals surface area contributed by atoms with Crippen LogP contribution in [-0.2, 0) is 24.5 Å². The van der Waals surface area contributed by atoms with Crippen molar-refractivity contribution >= 4 is 16.9 Å². The number of hydrogen-bond acceptors (Lipinski definition) is 5. The average Bonchev–Trinajstić information content (AvgIpc) is 3.24. The Kier molecular flexibility index (Phi) is 9.56. The first-order chi connectivity index (χ1) is 17.2. The molecular formula is C29H39N5O. The number of benzene rings is 1. The Balaban J connectivity index is 1.44. The first kappa shape index (κ1) is 25.2. The number of nitrogen functional groups attached to an aromatic ring is 1. The Morgan fingerprint density at radius 2 is 1.86 bits per heavy atom. The number of unbranched alkanes of at least 4 members (excludes halogenated alkanes) is 3. The third-order valence-corrected chi connectivity index (χ3v) is 6.58. The number of likely N-dealkylation sites (tertiary alicyclic amines) is 1. The van der Waals surface area contributed by atoms with Crippen molar-refractivity contribution in [2.45, 2.75) is 78.0 Å². The summed E-state index contributed by atoms with van der Waals surface area (Å²) in [6, 6.07) is 10.2. The van der Waals surface area contributed by atoms with E-state index in [9.17, 15) is 0 Å². The number of nitrogens with two attached hydrogens (primary N) is 1. The smallest absolute Gasteiger partial charge is 0.151 e. The Morgan fingerprint density at radius 3 is 2.66 bits per heavy atom. The molecular weight excluding hydrogens is 434 g/mol. The number of ether oxygens (including phenoxy) is 1. The molecule has 0 amide bonds. The zero-order chi connectivity index (χ0) is 24.3. The van der Waals surface area contributed by atoms with Crippen molar-refractivity contribution in [2.75, 3.05) is 25.4 Å². The largest absolute Gasteiger partial charge is 0.382 e. The minimum atomic E-state index is 0.380. The van der Waals surface area contributed by atoms with Gasteiger partial charge in [-0.1, -0.05) is 61.9 Å². The quantitative estimate of drug-likeness (QED) is 0.293. The van der Waals surface area contributed by atoms with Gasteiger partial charge in [0, 0.05) is 19.0 Å². The molecule has 186 valence electrons. The molecule has 6 nitrogen and oxygen atoms in total. The number of aryl methyl sites for hydroxylation is 1. The van der Waals surface area contributed by atoms with Crippen LogP contribution in [0.25, 0.3) is 11.0 Å². The van der Waals surface area contributed by atoms with Crippen molar-refractivity contribution < 1.29 is 4.74 Å². The molecule has 0 unspecified atom stereocenters. The zero-order valence-electron chi connectivity index (χ0n) is 21.1. The predicted molar refractivity (Wildman–Crippen MR) is 143 cm³/mol. The molecule has 2 aromatic heterocycles. The van der Waals surface area contributed by atoms with Crippen LogP contribution in [-0.4, -0.2) is 39.1 Å². The molecule has 35 heavy (non-hydrogen) atoms. The first-order valence-electron chi connectivity index (χ1n) is 13.2. The lowest BCUT2D eigenvalue weighted by Gasteiger charge is -2.26. The monoisotopic (exact) mass is 473 g/mol. The third kappa shape index (κ3) is 7.30. The second-order valence-electron chi connectivity index (χ2n) is 9.46. The van der Waals surface area contributed by atoms with E-state index in [2.05, 4.69) is 40.8 Å². The molecule has 0 aliphatic carbocycles. The number of hydrogen-bond donors (Lipinski definition) is 1. The summed E-state index contributed by atoms with van der Waals surface area (Å²) in [6.45, 7) is 6.81. The maximum Gasteiger partial charge on any atom is 0.151 e. The molecule has 2 N–H and O–H groups in total. The van der Waals surface area contributed by atoms with Crippen LogP contribution in [0.2, 0.25) is 0 Å². The van der Waals surface area contributed by atoms with Gasteiger partial charge in [-0.05, 0) is 57.3 Å². The fraction of sp³-hybridized carbons (Fsp3) is 0.517. The Morgan fingerprint density at radius 1 is 1.03 bits per heavy atom. The topological polar surface area (TPSA) is 69.2 Å². The lowest BCUT2D eigenvalue weighted by atomic mass is 10.1. The minimum Gasteiger partial charge on any atom is -0.382 e. The molecule has 1 aromatic carbocycles. The van der Waals surface area contributed by atoms with Gasteiger partial charge < -0.3 is 19.9 Å². The molecule has 0 radical (unpaired) electrons. The summed E-state index contributed by atoms with van der Waals surface area (Å²) < 4.78 is 7.99. The fourth-order valence-electron chi connectivity index (χ4n) is 4.64. The summed E-state index contributed by atoms with van der Waals surface area (Å²) in [4.78, 5) is 12.0. The van der Waals surface area contributed by atoms with E-state index in [0.29, 0.717) is 19.2 Å². The van der Waals surface area contributed by atoms with E-state index in [1.54, 1.807) is 0 Å². The first-order valence-corrected chi connectivity index (χ1v) is 13.2. The molecule has 0 atom stereocenters. The van der Waals surface area contributed by atoms with Crippen molar-refractivity contribution in [2.24, 2.45) is 0 Å². The lowest BCUT2D eigenvalue weighted by molar-refractivity contribution is 0.0668. The minimum absolute atomic E-state index is 0.380. The standard InChI is InChI=1S/C29H39N5O/c1-2-3-17-26-31-27-25(16-10-4-5-11-18-33-19-12-7-13-20-33)21-34(28(27)29(30)32-26)23-35-22-24-14-8-6-9-15-24/h6,8-9,14-15,21H,2-5,7,11-13,17-20,22-23H2,1H3,(H2,30,31,32). The third-order valence-electron chi connectivity index (χ3n) is 6.58. The van der Waals surface area contributed by atoms with Crippen molar-refractivity contribution in [1.82, 2.24) is 19.4 Å². The van der Waals surface area contributed by atoms with Crippen LogP contribution in [0.1, 0.15) is 75.2 Å². The summed E-state index contributed by atoms with van der Waals surface area (Å²) in [5, 5.41) is 0. The van der Waals surface area contributed by atoms with Gasteiger partial charge in [0.25, 0.3) is 0 Å². The molecule has 3 heterocycles. The highest BCUT2D eigenvalue weighted by Gasteiger charge is 2.15. The number of anilines is 1. The zero-order valence-corrected chi connectivity index (χ0v) is 21.1. The van der Waals surface area contributed by atoms with Crippen LogP contribution in [0, 0.1) is 11.8 Å². The molecule has 0 saturated carbocycles. The van der Waals surface area contributed by atoms with Crippen LogP contribution in [0.3, 0.4) is 0 Å². The van der Waals surface area contributed by atoms with Crippen molar-refractivity contribution in [3.05, 3.63) is 53.5 Å². The van der Waals surface area contributed by atoms with E-state index in [1.807, 2.05) is 29.0 Å². The maximum absolute atomic E-state index is 6.41. The molecule has 0 bridgehead atoms. The highest BCUT2D eigenvalue weighted by Crippen LogP contribution is 2.24. The van der Waals surface area contributed by atoms with Gasteiger partial charge in [0.1, 0.15) is 23.6 Å². The molecule has 1 saturated heterocycles.